The van der Waals surface area contributed by atoms with Gasteiger partial charge >= 0.3 is 6.61 Å². The summed E-state index contributed by atoms with van der Waals surface area (Å²) in [6, 6.07) is 1.58. The molecule has 0 saturated heterocycles. The van der Waals surface area contributed by atoms with Crippen molar-refractivity contribution in [3.63, 3.8) is 0 Å². The van der Waals surface area contributed by atoms with Gasteiger partial charge in [-0.3, -0.25) is 0 Å². The first-order valence-corrected chi connectivity index (χ1v) is 4.82. The van der Waals surface area contributed by atoms with E-state index < -0.39 is 6.61 Å². The van der Waals surface area contributed by atoms with E-state index in [1.807, 2.05) is 20.8 Å². The fraction of sp³-hybridized carbons (Fsp3) is 0.556. The van der Waals surface area contributed by atoms with E-state index >= 15 is 0 Å². The van der Waals surface area contributed by atoms with Crippen LogP contribution in [0.15, 0.2) is 11.4 Å². The molecule has 0 fully saturated rings. The lowest BCUT2D eigenvalue weighted by Gasteiger charge is -2.18. The molecule has 1 rings (SSSR count). The first-order chi connectivity index (χ1) is 5.91. The van der Waals surface area contributed by atoms with Crippen molar-refractivity contribution in [3.05, 3.63) is 16.3 Å². The molecule has 74 valence electrons. The minimum Gasteiger partial charge on any atom is -0.434 e. The van der Waals surface area contributed by atoms with E-state index in [1.54, 1.807) is 11.4 Å². The summed E-state index contributed by atoms with van der Waals surface area (Å²) in [5, 5.41) is 1.76. The summed E-state index contributed by atoms with van der Waals surface area (Å²) in [5.74, 6) is 0.299. The molecule has 1 nitrogen and oxygen atoms in total. The second-order valence-corrected chi connectivity index (χ2v) is 4.66. The Balaban J connectivity index is 2.90. The lowest BCUT2D eigenvalue weighted by molar-refractivity contribution is -0.0504. The van der Waals surface area contributed by atoms with Crippen LogP contribution in [0.4, 0.5) is 8.78 Å². The molecule has 0 aromatic carbocycles. The number of thiophene rings is 1. The highest BCUT2D eigenvalue weighted by atomic mass is 32.1. The van der Waals surface area contributed by atoms with Gasteiger partial charge in [0.1, 0.15) is 5.75 Å². The largest absolute Gasteiger partial charge is 0.434 e. The number of halogens is 2. The van der Waals surface area contributed by atoms with Gasteiger partial charge in [-0.1, -0.05) is 20.8 Å². The third kappa shape index (κ3) is 2.66. The van der Waals surface area contributed by atoms with Gasteiger partial charge < -0.3 is 4.74 Å². The van der Waals surface area contributed by atoms with Crippen LogP contribution < -0.4 is 4.74 Å². The molecule has 1 aromatic heterocycles. The van der Waals surface area contributed by atoms with Gasteiger partial charge in [0.2, 0.25) is 0 Å². The average Bonchev–Trinajstić information content (AvgIpc) is 2.31. The van der Waals surface area contributed by atoms with Crippen LogP contribution in [0.25, 0.3) is 0 Å². The van der Waals surface area contributed by atoms with E-state index in [2.05, 4.69) is 4.74 Å². The second-order valence-electron chi connectivity index (χ2n) is 3.74. The van der Waals surface area contributed by atoms with E-state index in [9.17, 15) is 8.78 Å². The number of hydrogen-bond donors (Lipinski definition) is 0. The number of ether oxygens (including phenoxy) is 1. The molecule has 0 amide bonds. The third-order valence-electron chi connectivity index (χ3n) is 1.53. The number of rotatable bonds is 2. The van der Waals surface area contributed by atoms with Crippen molar-refractivity contribution in [1.29, 1.82) is 0 Å². The van der Waals surface area contributed by atoms with Crippen LogP contribution in [-0.4, -0.2) is 6.61 Å². The molecule has 0 atom stereocenters. The highest BCUT2D eigenvalue weighted by molar-refractivity contribution is 7.10. The Labute approximate surface area is 80.3 Å². The predicted octanol–water partition coefficient (Wildman–Crippen LogP) is 3.65. The number of alkyl halides is 2. The normalized spacial score (nSPS) is 12.2. The van der Waals surface area contributed by atoms with E-state index in [-0.39, 0.29) is 5.41 Å². The summed E-state index contributed by atoms with van der Waals surface area (Å²) in [6.45, 7) is 3.17. The minimum atomic E-state index is -2.74. The fourth-order valence-electron chi connectivity index (χ4n) is 1.03. The molecule has 13 heavy (non-hydrogen) atoms. The summed E-state index contributed by atoms with van der Waals surface area (Å²) in [4.78, 5) is 0.854. The smallest absolute Gasteiger partial charge is 0.387 e. The molecule has 1 aromatic rings. The van der Waals surface area contributed by atoms with Crippen molar-refractivity contribution in [1.82, 2.24) is 0 Å². The van der Waals surface area contributed by atoms with Crippen LogP contribution in [0.1, 0.15) is 25.6 Å². The van der Waals surface area contributed by atoms with Crippen molar-refractivity contribution in [2.24, 2.45) is 0 Å². The molecule has 0 radical (unpaired) electrons. The van der Waals surface area contributed by atoms with Gasteiger partial charge in [-0.2, -0.15) is 8.78 Å². The maximum absolute atomic E-state index is 11.9. The van der Waals surface area contributed by atoms with Crippen molar-refractivity contribution in [3.8, 4) is 5.75 Å². The molecule has 0 aliphatic heterocycles. The van der Waals surface area contributed by atoms with E-state index in [4.69, 9.17) is 0 Å². The summed E-state index contributed by atoms with van der Waals surface area (Å²) in [6.07, 6.45) is 0. The molecule has 0 N–H and O–H groups in total. The zero-order valence-electron chi connectivity index (χ0n) is 7.80. The Bertz CT molecular complexity index is 275. The van der Waals surface area contributed by atoms with Crippen molar-refractivity contribution >= 4 is 11.3 Å². The predicted molar refractivity (Wildman–Crippen MR) is 49.7 cm³/mol. The molecule has 0 spiro atoms. The van der Waals surface area contributed by atoms with Crippen LogP contribution in [0.3, 0.4) is 0 Å². The SMILES string of the molecule is CC(C)(C)c1sccc1OC(F)F. The maximum atomic E-state index is 11.9. The van der Waals surface area contributed by atoms with Crippen LogP contribution in [-0.2, 0) is 5.41 Å². The van der Waals surface area contributed by atoms with E-state index in [0.29, 0.717) is 5.75 Å². The Morgan fingerprint density at radius 1 is 1.38 bits per heavy atom. The van der Waals surface area contributed by atoms with Gasteiger partial charge in [0.25, 0.3) is 0 Å². The fourth-order valence-corrected chi connectivity index (χ4v) is 1.95. The highest BCUT2D eigenvalue weighted by Gasteiger charge is 2.22. The molecule has 0 aliphatic carbocycles. The Hall–Kier alpha value is -0.640. The highest BCUT2D eigenvalue weighted by Crippen LogP contribution is 2.36. The van der Waals surface area contributed by atoms with Crippen molar-refractivity contribution in [2.75, 3.05) is 0 Å². The molecule has 0 aliphatic rings. The maximum Gasteiger partial charge on any atom is 0.387 e. The molecule has 0 saturated carbocycles. The first kappa shape index (κ1) is 10.4. The first-order valence-electron chi connectivity index (χ1n) is 3.94. The van der Waals surface area contributed by atoms with E-state index in [1.165, 1.54) is 11.3 Å². The Morgan fingerprint density at radius 3 is 2.46 bits per heavy atom. The van der Waals surface area contributed by atoms with Gasteiger partial charge in [0.05, 0.1) is 4.88 Å². The minimum absolute atomic E-state index is 0.140. The van der Waals surface area contributed by atoms with Gasteiger partial charge in [0, 0.05) is 0 Å². The summed E-state index contributed by atoms with van der Waals surface area (Å²) < 4.78 is 28.3. The monoisotopic (exact) mass is 206 g/mol. The summed E-state index contributed by atoms with van der Waals surface area (Å²) in [7, 11) is 0. The second kappa shape index (κ2) is 3.62. The van der Waals surface area contributed by atoms with Gasteiger partial charge in [-0.05, 0) is 16.9 Å². The zero-order valence-corrected chi connectivity index (χ0v) is 8.62. The Morgan fingerprint density at radius 2 is 2.00 bits per heavy atom. The van der Waals surface area contributed by atoms with Crippen LogP contribution in [0.5, 0.6) is 5.75 Å². The third-order valence-corrected chi connectivity index (χ3v) is 2.85. The number of hydrogen-bond acceptors (Lipinski definition) is 2. The molecule has 1 heterocycles. The Kier molecular flexibility index (Phi) is 2.91. The topological polar surface area (TPSA) is 9.23 Å². The standard InChI is InChI=1S/C9H12F2OS/c1-9(2,3)7-6(4-5-13-7)12-8(10)11/h4-5,8H,1-3H3. The average molecular weight is 206 g/mol. The van der Waals surface area contributed by atoms with Gasteiger partial charge in [0.15, 0.2) is 0 Å². The van der Waals surface area contributed by atoms with Crippen molar-refractivity contribution < 1.29 is 13.5 Å². The quantitative estimate of drug-likeness (QED) is 0.717. The summed E-state index contributed by atoms with van der Waals surface area (Å²) in [5.41, 5.74) is -0.140. The molecular formula is C9H12F2OS. The zero-order chi connectivity index (χ0) is 10.1. The molecule has 0 unspecified atom stereocenters. The van der Waals surface area contributed by atoms with Crippen LogP contribution >= 0.6 is 11.3 Å². The molecular weight excluding hydrogens is 194 g/mol. The van der Waals surface area contributed by atoms with Crippen LogP contribution in [0.2, 0.25) is 0 Å². The van der Waals surface area contributed by atoms with Crippen molar-refractivity contribution in [2.45, 2.75) is 32.8 Å². The van der Waals surface area contributed by atoms with Gasteiger partial charge in [-0.25, -0.2) is 0 Å². The molecule has 0 bridgehead atoms. The van der Waals surface area contributed by atoms with Gasteiger partial charge in [-0.15, -0.1) is 11.3 Å². The summed E-state index contributed by atoms with van der Waals surface area (Å²) >= 11 is 1.44. The van der Waals surface area contributed by atoms with E-state index in [0.717, 1.165) is 4.88 Å². The lowest BCUT2D eigenvalue weighted by Crippen LogP contribution is -2.12. The van der Waals surface area contributed by atoms with Crippen LogP contribution in [0, 0.1) is 0 Å². The molecule has 4 heteroatoms. The lowest BCUT2D eigenvalue weighted by atomic mass is 9.94.